The van der Waals surface area contributed by atoms with Gasteiger partial charge in [-0.2, -0.15) is 0 Å². The molecular weight excluding hydrogens is 236 g/mol. The first kappa shape index (κ1) is 10.3. The molecule has 0 amide bonds. The van der Waals surface area contributed by atoms with Gasteiger partial charge in [-0.15, -0.1) is 11.3 Å². The first-order valence-electron chi connectivity index (χ1n) is 4.26. The van der Waals surface area contributed by atoms with E-state index < -0.39 is 0 Å². The molecule has 3 N–H and O–H groups in total. The number of nitrogens with zero attached hydrogens (tertiary/aromatic N) is 2. The van der Waals surface area contributed by atoms with Gasteiger partial charge in [0, 0.05) is 4.88 Å². The summed E-state index contributed by atoms with van der Waals surface area (Å²) in [4.78, 5) is 1.09. The van der Waals surface area contributed by atoms with Crippen LogP contribution in [0.4, 0.5) is 12.0 Å². The Labute approximate surface area is 95.3 Å². The lowest BCUT2D eigenvalue weighted by atomic mass is 10.3. The van der Waals surface area contributed by atoms with Crippen molar-refractivity contribution in [2.75, 3.05) is 11.1 Å². The number of nitrogens with two attached hydrogens (primary N) is 1. The Bertz CT molecular complexity index is 455. The van der Waals surface area contributed by atoms with Crippen LogP contribution in [0.25, 0.3) is 0 Å². The van der Waals surface area contributed by atoms with Crippen molar-refractivity contribution in [3.05, 3.63) is 21.3 Å². The molecule has 0 aromatic carbocycles. The van der Waals surface area contributed by atoms with Crippen molar-refractivity contribution in [2.24, 2.45) is 0 Å². The van der Waals surface area contributed by atoms with Crippen molar-refractivity contribution in [1.29, 1.82) is 0 Å². The maximum atomic E-state index is 5.83. The van der Waals surface area contributed by atoms with E-state index in [0.717, 1.165) is 9.21 Å². The van der Waals surface area contributed by atoms with E-state index >= 15 is 0 Å². The number of hydrogen-bond acceptors (Lipinski definition) is 6. The summed E-state index contributed by atoms with van der Waals surface area (Å²) < 4.78 is 5.75. The van der Waals surface area contributed by atoms with E-state index in [2.05, 4.69) is 15.5 Å². The summed E-state index contributed by atoms with van der Waals surface area (Å²) in [7, 11) is 0. The van der Waals surface area contributed by atoms with E-state index in [9.17, 15) is 0 Å². The van der Waals surface area contributed by atoms with E-state index in [1.54, 1.807) is 0 Å². The molecule has 0 saturated heterocycles. The average Bonchev–Trinajstić information content (AvgIpc) is 2.75. The lowest BCUT2D eigenvalue weighted by molar-refractivity contribution is 0.579. The number of anilines is 2. The van der Waals surface area contributed by atoms with Gasteiger partial charge in [0.25, 0.3) is 0 Å². The Morgan fingerprint density at radius 3 is 2.87 bits per heavy atom. The second kappa shape index (κ2) is 4.08. The largest absolute Gasteiger partial charge is 0.390 e. The summed E-state index contributed by atoms with van der Waals surface area (Å²) >= 11 is 7.33. The molecule has 0 aliphatic carbocycles. The minimum absolute atomic E-state index is 0.0499. The molecule has 0 spiro atoms. The molecule has 2 heterocycles. The number of aromatic nitrogens is 2. The molecule has 1 unspecified atom stereocenters. The molecule has 2 rings (SSSR count). The minimum Gasteiger partial charge on any atom is -0.390 e. The van der Waals surface area contributed by atoms with Crippen LogP contribution in [-0.2, 0) is 0 Å². The van der Waals surface area contributed by atoms with E-state index in [0.29, 0.717) is 6.01 Å². The first-order chi connectivity index (χ1) is 7.15. The number of hydrogen-bond donors (Lipinski definition) is 2. The number of nitrogens with one attached hydrogen (secondary N) is 1. The summed E-state index contributed by atoms with van der Waals surface area (Å²) in [6.45, 7) is 1.97. The highest BCUT2D eigenvalue weighted by Crippen LogP contribution is 2.28. The third-order valence-electron chi connectivity index (χ3n) is 1.80. The average molecular weight is 245 g/mol. The van der Waals surface area contributed by atoms with Crippen LogP contribution in [-0.4, -0.2) is 10.2 Å². The van der Waals surface area contributed by atoms with Gasteiger partial charge in [-0.05, 0) is 19.1 Å². The van der Waals surface area contributed by atoms with Crippen molar-refractivity contribution in [3.8, 4) is 0 Å². The Balaban J connectivity index is 2.06. The van der Waals surface area contributed by atoms with Gasteiger partial charge in [-0.25, -0.2) is 0 Å². The third kappa shape index (κ3) is 2.40. The van der Waals surface area contributed by atoms with Crippen molar-refractivity contribution in [3.63, 3.8) is 0 Å². The molecule has 5 nitrogen and oxygen atoms in total. The molecule has 0 saturated carbocycles. The first-order valence-corrected chi connectivity index (χ1v) is 5.45. The van der Waals surface area contributed by atoms with Gasteiger partial charge in [-0.1, -0.05) is 21.8 Å². The van der Waals surface area contributed by atoms with Crippen molar-refractivity contribution in [2.45, 2.75) is 13.0 Å². The zero-order valence-electron chi connectivity index (χ0n) is 7.90. The third-order valence-corrected chi connectivity index (χ3v) is 3.22. The lowest BCUT2D eigenvalue weighted by Gasteiger charge is -2.08. The van der Waals surface area contributed by atoms with Crippen molar-refractivity contribution >= 4 is 35.0 Å². The van der Waals surface area contributed by atoms with Crippen LogP contribution in [0.2, 0.25) is 4.34 Å². The second-order valence-corrected chi connectivity index (χ2v) is 4.70. The molecule has 7 heteroatoms. The van der Waals surface area contributed by atoms with Crippen molar-refractivity contribution < 1.29 is 4.42 Å². The summed E-state index contributed by atoms with van der Waals surface area (Å²) in [5, 5.41) is 10.3. The Hall–Kier alpha value is -1.27. The number of thiophene rings is 1. The van der Waals surface area contributed by atoms with Gasteiger partial charge >= 0.3 is 12.0 Å². The monoisotopic (exact) mass is 244 g/mol. The molecule has 2 aromatic heterocycles. The standard InChI is InChI=1S/C8H9ClN4OS/c1-4(5-2-3-6(9)15-5)11-8-13-12-7(10)14-8/h2-4H,1H3,(H2,10,12)(H,11,13). The van der Waals surface area contributed by atoms with Crippen LogP contribution in [0, 0.1) is 0 Å². The molecule has 0 aliphatic rings. The predicted molar refractivity (Wildman–Crippen MR) is 60.1 cm³/mol. The van der Waals surface area contributed by atoms with E-state index in [-0.39, 0.29) is 12.1 Å². The second-order valence-electron chi connectivity index (χ2n) is 2.95. The maximum absolute atomic E-state index is 5.83. The smallest absolute Gasteiger partial charge is 0.317 e. The Morgan fingerprint density at radius 2 is 2.33 bits per heavy atom. The minimum atomic E-state index is 0.0499. The van der Waals surface area contributed by atoms with E-state index in [1.165, 1.54) is 11.3 Å². The highest BCUT2D eigenvalue weighted by Gasteiger charge is 2.11. The predicted octanol–water partition coefficient (Wildman–Crippen LogP) is 2.54. The van der Waals surface area contributed by atoms with Gasteiger partial charge in [0.2, 0.25) is 0 Å². The fourth-order valence-corrected chi connectivity index (χ4v) is 2.17. The summed E-state index contributed by atoms with van der Waals surface area (Å²) in [6, 6.07) is 4.22. The van der Waals surface area contributed by atoms with Crippen LogP contribution in [0.15, 0.2) is 16.5 Å². The fourth-order valence-electron chi connectivity index (χ4n) is 1.11. The molecule has 15 heavy (non-hydrogen) atoms. The summed E-state index contributed by atoms with van der Waals surface area (Å²) in [5.41, 5.74) is 5.30. The van der Waals surface area contributed by atoms with Gasteiger partial charge in [-0.3, -0.25) is 0 Å². The highest BCUT2D eigenvalue weighted by atomic mass is 35.5. The Kier molecular flexibility index (Phi) is 2.79. The lowest BCUT2D eigenvalue weighted by Crippen LogP contribution is -2.04. The molecular formula is C8H9ClN4OS. The number of nitrogen functional groups attached to an aromatic ring is 1. The quantitative estimate of drug-likeness (QED) is 0.868. The van der Waals surface area contributed by atoms with Crippen LogP contribution in [0.1, 0.15) is 17.8 Å². The van der Waals surface area contributed by atoms with Crippen LogP contribution in [0.5, 0.6) is 0 Å². The van der Waals surface area contributed by atoms with Gasteiger partial charge in [0.15, 0.2) is 0 Å². The number of rotatable bonds is 3. The summed E-state index contributed by atoms with van der Waals surface area (Å²) in [6.07, 6.45) is 0. The van der Waals surface area contributed by atoms with Crippen LogP contribution >= 0.6 is 22.9 Å². The fraction of sp³-hybridized carbons (Fsp3) is 0.250. The normalized spacial score (nSPS) is 12.7. The number of halogens is 1. The van der Waals surface area contributed by atoms with Crippen LogP contribution in [0.3, 0.4) is 0 Å². The molecule has 80 valence electrons. The topological polar surface area (TPSA) is 77.0 Å². The molecule has 2 aromatic rings. The zero-order chi connectivity index (χ0) is 10.8. The summed E-state index contributed by atoms with van der Waals surface area (Å²) in [5.74, 6) is 0. The van der Waals surface area contributed by atoms with Gasteiger partial charge in [0.05, 0.1) is 10.4 Å². The molecule has 0 fully saturated rings. The molecule has 0 radical (unpaired) electrons. The molecule has 0 bridgehead atoms. The molecule has 0 aliphatic heterocycles. The molecule has 1 atom stereocenters. The Morgan fingerprint density at radius 1 is 1.53 bits per heavy atom. The van der Waals surface area contributed by atoms with Crippen LogP contribution < -0.4 is 11.1 Å². The SMILES string of the molecule is CC(Nc1nnc(N)o1)c1ccc(Cl)s1. The van der Waals surface area contributed by atoms with E-state index in [4.69, 9.17) is 21.8 Å². The van der Waals surface area contributed by atoms with E-state index in [1.807, 2.05) is 19.1 Å². The zero-order valence-corrected chi connectivity index (χ0v) is 9.47. The maximum Gasteiger partial charge on any atom is 0.317 e. The van der Waals surface area contributed by atoms with Gasteiger partial charge in [0.1, 0.15) is 0 Å². The van der Waals surface area contributed by atoms with Crippen molar-refractivity contribution in [1.82, 2.24) is 10.2 Å². The highest BCUT2D eigenvalue weighted by molar-refractivity contribution is 7.16. The van der Waals surface area contributed by atoms with Gasteiger partial charge < -0.3 is 15.5 Å².